The van der Waals surface area contributed by atoms with Crippen molar-refractivity contribution in [3.8, 4) is 0 Å². The van der Waals surface area contributed by atoms with E-state index in [9.17, 15) is 22.4 Å². The number of nitrogens with zero attached hydrogens (tertiary/aromatic N) is 2. The average molecular weight is 714 g/mol. The number of hydrogen-bond donors (Lipinski definition) is 1. The minimum Gasteiger partial charge on any atom is -0.352 e. The second-order valence-electron chi connectivity index (χ2n) is 10.3. The first-order valence-electron chi connectivity index (χ1n) is 13.8. The fourth-order valence-electron chi connectivity index (χ4n) is 4.60. The van der Waals surface area contributed by atoms with Gasteiger partial charge in [-0.05, 0) is 84.5 Å². The molecule has 0 aliphatic heterocycles. The zero-order chi connectivity index (χ0) is 31.0. The number of halogens is 2. The Labute approximate surface area is 265 Å². The minimum absolute atomic E-state index is 0.0143. The van der Waals surface area contributed by atoms with E-state index >= 15 is 0 Å². The van der Waals surface area contributed by atoms with Crippen LogP contribution in [0.4, 0.5) is 10.1 Å². The predicted molar refractivity (Wildman–Crippen MR) is 174 cm³/mol. The van der Waals surface area contributed by atoms with E-state index in [1.807, 2.05) is 44.2 Å². The molecule has 0 heterocycles. The summed E-state index contributed by atoms with van der Waals surface area (Å²) >= 11 is 2.12. The molecule has 0 spiro atoms. The highest BCUT2D eigenvalue weighted by atomic mass is 127. The Morgan fingerprint density at radius 1 is 0.837 bits per heavy atom. The molecule has 1 atom stereocenters. The molecule has 0 bridgehead atoms. The van der Waals surface area contributed by atoms with Gasteiger partial charge in [-0.3, -0.25) is 13.9 Å². The van der Waals surface area contributed by atoms with Gasteiger partial charge in [-0.1, -0.05) is 66.7 Å². The number of sulfonamides is 1. The molecule has 4 rings (SSSR count). The molecule has 0 radical (unpaired) electrons. The number of amides is 2. The third-order valence-electron chi connectivity index (χ3n) is 6.73. The number of hydrogen-bond acceptors (Lipinski definition) is 4. The molecule has 0 unspecified atom stereocenters. The maximum Gasteiger partial charge on any atom is 0.264 e. The van der Waals surface area contributed by atoms with Crippen LogP contribution in [-0.4, -0.2) is 43.8 Å². The summed E-state index contributed by atoms with van der Waals surface area (Å²) < 4.78 is 44.8. The van der Waals surface area contributed by atoms with Crippen molar-refractivity contribution in [3.05, 3.63) is 130 Å². The van der Waals surface area contributed by atoms with E-state index in [2.05, 4.69) is 27.9 Å². The van der Waals surface area contributed by atoms with E-state index in [1.54, 1.807) is 60.7 Å². The topological polar surface area (TPSA) is 86.8 Å². The van der Waals surface area contributed by atoms with Crippen molar-refractivity contribution in [3.63, 3.8) is 0 Å². The van der Waals surface area contributed by atoms with Crippen molar-refractivity contribution >= 4 is 50.1 Å². The summed E-state index contributed by atoms with van der Waals surface area (Å²) in [5, 5.41) is 2.89. The van der Waals surface area contributed by atoms with Crippen molar-refractivity contribution in [1.29, 1.82) is 0 Å². The van der Waals surface area contributed by atoms with Gasteiger partial charge in [0.1, 0.15) is 18.4 Å². The number of carbonyl (C=O) groups is 2. The Morgan fingerprint density at radius 2 is 1.42 bits per heavy atom. The smallest absolute Gasteiger partial charge is 0.264 e. The van der Waals surface area contributed by atoms with Gasteiger partial charge in [0.05, 0.1) is 10.6 Å². The van der Waals surface area contributed by atoms with Gasteiger partial charge >= 0.3 is 0 Å². The van der Waals surface area contributed by atoms with Gasteiger partial charge in [0.2, 0.25) is 11.8 Å². The van der Waals surface area contributed by atoms with Crippen LogP contribution < -0.4 is 9.62 Å². The molecule has 4 aromatic rings. The van der Waals surface area contributed by atoms with Gasteiger partial charge in [-0.25, -0.2) is 12.8 Å². The number of carbonyl (C=O) groups excluding carboxylic acids is 2. The van der Waals surface area contributed by atoms with Gasteiger partial charge in [-0.15, -0.1) is 0 Å². The van der Waals surface area contributed by atoms with Gasteiger partial charge in [0, 0.05) is 28.1 Å². The number of benzene rings is 4. The van der Waals surface area contributed by atoms with Crippen molar-refractivity contribution < 1.29 is 22.4 Å². The molecule has 0 aromatic heterocycles. The summed E-state index contributed by atoms with van der Waals surface area (Å²) in [6.45, 7) is 2.78. The molecule has 0 saturated carbocycles. The van der Waals surface area contributed by atoms with E-state index < -0.39 is 40.2 Å². The van der Waals surface area contributed by atoms with Crippen LogP contribution >= 0.6 is 22.6 Å². The number of rotatable bonds is 12. The summed E-state index contributed by atoms with van der Waals surface area (Å²) in [7, 11) is -4.19. The first kappa shape index (κ1) is 32.2. The monoisotopic (exact) mass is 713 g/mol. The summed E-state index contributed by atoms with van der Waals surface area (Å²) in [4.78, 5) is 29.3. The van der Waals surface area contributed by atoms with Crippen LogP contribution in [0.5, 0.6) is 0 Å². The van der Waals surface area contributed by atoms with E-state index in [0.29, 0.717) is 0 Å². The van der Waals surface area contributed by atoms with E-state index in [1.165, 1.54) is 23.1 Å². The Morgan fingerprint density at radius 3 is 2.02 bits per heavy atom. The molecular formula is C33H33FIN3O4S. The lowest BCUT2D eigenvalue weighted by atomic mass is 10.0. The Bertz CT molecular complexity index is 1640. The third-order valence-corrected chi connectivity index (χ3v) is 9.23. The maximum atomic E-state index is 14.9. The number of nitrogens with one attached hydrogen (secondary N) is 1. The molecular weight excluding hydrogens is 680 g/mol. The summed E-state index contributed by atoms with van der Waals surface area (Å²) in [6.07, 6.45) is 0.147. The zero-order valence-corrected chi connectivity index (χ0v) is 26.8. The molecule has 0 aliphatic carbocycles. The summed E-state index contributed by atoms with van der Waals surface area (Å²) in [5.41, 5.74) is 1.29. The minimum atomic E-state index is -4.19. The largest absolute Gasteiger partial charge is 0.352 e. The molecule has 43 heavy (non-hydrogen) atoms. The third kappa shape index (κ3) is 8.41. The predicted octanol–water partition coefficient (Wildman–Crippen LogP) is 5.79. The van der Waals surface area contributed by atoms with Crippen molar-refractivity contribution in [2.45, 2.75) is 43.8 Å². The summed E-state index contributed by atoms with van der Waals surface area (Å²) in [6, 6.07) is 28.6. The van der Waals surface area contributed by atoms with Crippen LogP contribution in [-0.2, 0) is 32.6 Å². The SMILES string of the molecule is CC(C)NC(=O)[C@@H](Cc1ccccc1)N(Cc1ccccc1F)C(=O)CN(c1ccc(I)cc1)S(=O)(=O)c1ccccc1. The molecule has 0 fully saturated rings. The second kappa shape index (κ2) is 14.6. The van der Waals surface area contributed by atoms with Gasteiger partial charge in [-0.2, -0.15) is 0 Å². The molecule has 10 heteroatoms. The van der Waals surface area contributed by atoms with Crippen LogP contribution in [0.3, 0.4) is 0 Å². The standard InChI is InChI=1S/C33H33FIN3O4S/c1-24(2)36-33(40)31(21-25-11-5-3-6-12-25)37(22-26-13-9-10-16-30(26)34)32(39)23-38(28-19-17-27(35)18-20-28)43(41,42)29-14-7-4-8-15-29/h3-20,24,31H,21-23H2,1-2H3,(H,36,40)/t31-/m1/s1. The van der Waals surface area contributed by atoms with Crippen molar-refractivity contribution in [2.75, 3.05) is 10.8 Å². The lowest BCUT2D eigenvalue weighted by Crippen LogP contribution is -2.54. The lowest BCUT2D eigenvalue weighted by molar-refractivity contribution is -0.140. The highest BCUT2D eigenvalue weighted by Crippen LogP contribution is 2.26. The fraction of sp³-hybridized carbons (Fsp3) is 0.212. The first-order valence-corrected chi connectivity index (χ1v) is 16.3. The normalized spacial score (nSPS) is 12.0. The van der Waals surface area contributed by atoms with Crippen LogP contribution in [0.1, 0.15) is 25.0 Å². The molecule has 2 amide bonds. The van der Waals surface area contributed by atoms with Crippen LogP contribution in [0, 0.1) is 9.39 Å². The molecule has 4 aromatic carbocycles. The average Bonchev–Trinajstić information content (AvgIpc) is 2.99. The zero-order valence-electron chi connectivity index (χ0n) is 23.9. The van der Waals surface area contributed by atoms with Crippen LogP contribution in [0.15, 0.2) is 114 Å². The molecule has 7 nitrogen and oxygen atoms in total. The van der Waals surface area contributed by atoms with Crippen molar-refractivity contribution in [1.82, 2.24) is 10.2 Å². The van der Waals surface area contributed by atoms with Gasteiger partial charge in [0.25, 0.3) is 10.0 Å². The van der Waals surface area contributed by atoms with Gasteiger partial charge in [0.15, 0.2) is 0 Å². The van der Waals surface area contributed by atoms with E-state index in [0.717, 1.165) is 13.4 Å². The van der Waals surface area contributed by atoms with Gasteiger partial charge < -0.3 is 10.2 Å². The van der Waals surface area contributed by atoms with Crippen LogP contribution in [0.25, 0.3) is 0 Å². The molecule has 0 saturated heterocycles. The van der Waals surface area contributed by atoms with E-state index in [4.69, 9.17) is 0 Å². The Kier molecular flexibility index (Phi) is 10.9. The summed E-state index contributed by atoms with van der Waals surface area (Å²) in [5.74, 6) is -1.61. The molecule has 0 aliphatic rings. The first-order chi connectivity index (χ1) is 20.6. The Balaban J connectivity index is 1.80. The second-order valence-corrected chi connectivity index (χ2v) is 13.4. The maximum absolute atomic E-state index is 14.9. The van der Waals surface area contributed by atoms with Crippen LogP contribution in [0.2, 0.25) is 0 Å². The lowest BCUT2D eigenvalue weighted by Gasteiger charge is -2.34. The fourth-order valence-corrected chi connectivity index (χ4v) is 6.40. The molecule has 224 valence electrons. The highest BCUT2D eigenvalue weighted by Gasteiger charge is 2.35. The van der Waals surface area contributed by atoms with E-state index in [-0.39, 0.29) is 35.2 Å². The quantitative estimate of drug-likeness (QED) is 0.189. The molecule has 1 N–H and O–H groups in total. The number of anilines is 1. The van der Waals surface area contributed by atoms with Crippen molar-refractivity contribution in [2.24, 2.45) is 0 Å². The Hall–Kier alpha value is -3.77. The highest BCUT2D eigenvalue weighted by molar-refractivity contribution is 14.1.